The SMILES string of the molecule is O=C(CCN1C(=O)c2ccccc2C1=O)Nc1ccc(S(=O)(=O)Nc2cccc(F)c2)cc1. The highest BCUT2D eigenvalue weighted by Gasteiger charge is 2.34. The standard InChI is InChI=1S/C23H18FN3O5S/c24-15-4-3-5-17(14-15)26-33(31,32)18-10-8-16(9-11-18)25-21(28)12-13-27-22(29)19-6-1-2-7-20(19)23(27)30/h1-11,14,26H,12-13H2,(H,25,28). The number of nitrogens with zero attached hydrogens (tertiary/aromatic N) is 1. The van der Waals surface area contributed by atoms with E-state index in [1.807, 2.05) is 0 Å². The van der Waals surface area contributed by atoms with Crippen LogP contribution in [0.15, 0.2) is 77.7 Å². The second kappa shape index (κ2) is 8.83. The largest absolute Gasteiger partial charge is 0.326 e. The van der Waals surface area contributed by atoms with Crippen molar-refractivity contribution in [3.8, 4) is 0 Å². The molecule has 0 fully saturated rings. The molecule has 1 aliphatic rings. The highest BCUT2D eigenvalue weighted by molar-refractivity contribution is 7.92. The summed E-state index contributed by atoms with van der Waals surface area (Å²) in [6, 6.07) is 16.9. The summed E-state index contributed by atoms with van der Waals surface area (Å²) >= 11 is 0. The first kappa shape index (κ1) is 22.2. The van der Waals surface area contributed by atoms with Gasteiger partial charge in [0.2, 0.25) is 5.91 Å². The summed E-state index contributed by atoms with van der Waals surface area (Å²) in [5.74, 6) is -1.90. The number of hydrogen-bond acceptors (Lipinski definition) is 5. The predicted octanol–water partition coefficient (Wildman–Crippen LogP) is 3.25. The molecule has 0 radical (unpaired) electrons. The molecule has 0 saturated heterocycles. The molecule has 0 unspecified atom stereocenters. The maximum Gasteiger partial charge on any atom is 0.261 e. The number of anilines is 2. The van der Waals surface area contributed by atoms with Crippen molar-refractivity contribution < 1.29 is 27.2 Å². The highest BCUT2D eigenvalue weighted by atomic mass is 32.2. The van der Waals surface area contributed by atoms with Crippen molar-refractivity contribution in [2.24, 2.45) is 0 Å². The number of carbonyl (C=O) groups is 3. The number of rotatable bonds is 7. The highest BCUT2D eigenvalue weighted by Crippen LogP contribution is 2.23. The lowest BCUT2D eigenvalue weighted by atomic mass is 10.1. The van der Waals surface area contributed by atoms with Crippen molar-refractivity contribution in [1.29, 1.82) is 0 Å². The molecule has 1 heterocycles. The van der Waals surface area contributed by atoms with Crippen molar-refractivity contribution in [2.45, 2.75) is 11.3 Å². The number of sulfonamides is 1. The average Bonchev–Trinajstić information content (AvgIpc) is 3.02. The Morgan fingerprint density at radius 1 is 0.848 bits per heavy atom. The van der Waals surface area contributed by atoms with Crippen molar-refractivity contribution in [3.05, 3.63) is 89.7 Å². The molecule has 3 aromatic rings. The van der Waals surface area contributed by atoms with E-state index in [1.54, 1.807) is 24.3 Å². The van der Waals surface area contributed by atoms with Gasteiger partial charge in [-0.05, 0) is 54.6 Å². The molecule has 4 rings (SSSR count). The summed E-state index contributed by atoms with van der Waals surface area (Å²) in [4.78, 5) is 37.9. The minimum absolute atomic E-state index is 0.0733. The maximum absolute atomic E-state index is 13.3. The molecule has 3 amide bonds. The van der Waals surface area contributed by atoms with Crippen LogP contribution in [0.5, 0.6) is 0 Å². The molecule has 8 nitrogen and oxygen atoms in total. The summed E-state index contributed by atoms with van der Waals surface area (Å²) in [7, 11) is -3.95. The van der Waals surface area contributed by atoms with Crippen molar-refractivity contribution in [3.63, 3.8) is 0 Å². The number of benzene rings is 3. The molecule has 0 aromatic heterocycles. The fraction of sp³-hybridized carbons (Fsp3) is 0.0870. The Morgan fingerprint density at radius 2 is 1.48 bits per heavy atom. The molecule has 0 saturated carbocycles. The molecule has 1 aliphatic heterocycles. The Balaban J connectivity index is 1.35. The first-order valence-corrected chi connectivity index (χ1v) is 11.4. The van der Waals surface area contributed by atoms with Crippen LogP contribution in [0.4, 0.5) is 15.8 Å². The minimum atomic E-state index is -3.95. The topological polar surface area (TPSA) is 113 Å². The summed E-state index contributed by atoms with van der Waals surface area (Å²) < 4.78 is 40.5. The Hall–Kier alpha value is -4.05. The molecule has 10 heteroatoms. The van der Waals surface area contributed by atoms with Crippen LogP contribution >= 0.6 is 0 Å². The van der Waals surface area contributed by atoms with Gasteiger partial charge in [-0.25, -0.2) is 12.8 Å². The lowest BCUT2D eigenvalue weighted by Gasteiger charge is -2.13. The van der Waals surface area contributed by atoms with Crippen LogP contribution in [-0.2, 0) is 14.8 Å². The van der Waals surface area contributed by atoms with E-state index in [0.717, 1.165) is 11.0 Å². The Kier molecular flexibility index (Phi) is 5.93. The van der Waals surface area contributed by atoms with Crippen LogP contribution in [0, 0.1) is 5.82 Å². The van der Waals surface area contributed by atoms with Gasteiger partial charge < -0.3 is 5.32 Å². The van der Waals surface area contributed by atoms with Gasteiger partial charge in [-0.2, -0.15) is 0 Å². The monoisotopic (exact) mass is 467 g/mol. The van der Waals surface area contributed by atoms with E-state index in [-0.39, 0.29) is 23.5 Å². The first-order chi connectivity index (χ1) is 15.7. The van der Waals surface area contributed by atoms with E-state index in [9.17, 15) is 27.2 Å². The molecule has 3 aromatic carbocycles. The quantitative estimate of drug-likeness (QED) is 0.518. The molecule has 0 bridgehead atoms. The molecule has 33 heavy (non-hydrogen) atoms. The van der Waals surface area contributed by atoms with Crippen molar-refractivity contribution >= 4 is 39.1 Å². The smallest absolute Gasteiger partial charge is 0.261 e. The number of halogens is 1. The molecule has 0 spiro atoms. The number of carbonyl (C=O) groups excluding carboxylic acids is 3. The van der Waals surface area contributed by atoms with Crippen LogP contribution in [0.2, 0.25) is 0 Å². The van der Waals surface area contributed by atoms with Gasteiger partial charge in [-0.3, -0.25) is 24.0 Å². The van der Waals surface area contributed by atoms with E-state index in [1.165, 1.54) is 42.5 Å². The van der Waals surface area contributed by atoms with Crippen LogP contribution in [0.3, 0.4) is 0 Å². The third kappa shape index (κ3) is 4.75. The van der Waals surface area contributed by atoms with Crippen LogP contribution < -0.4 is 10.0 Å². The van der Waals surface area contributed by atoms with E-state index >= 15 is 0 Å². The van der Waals surface area contributed by atoms with Gasteiger partial charge in [0.1, 0.15) is 5.82 Å². The van der Waals surface area contributed by atoms with E-state index < -0.39 is 33.6 Å². The zero-order valence-electron chi connectivity index (χ0n) is 17.1. The zero-order valence-corrected chi connectivity index (χ0v) is 17.9. The predicted molar refractivity (Wildman–Crippen MR) is 119 cm³/mol. The third-order valence-corrected chi connectivity index (χ3v) is 6.36. The van der Waals surface area contributed by atoms with Gasteiger partial charge in [0.25, 0.3) is 21.8 Å². The fourth-order valence-corrected chi connectivity index (χ4v) is 4.41. The Labute approximate surface area is 189 Å². The Morgan fingerprint density at radius 3 is 2.09 bits per heavy atom. The average molecular weight is 467 g/mol. The lowest BCUT2D eigenvalue weighted by molar-refractivity contribution is -0.116. The lowest BCUT2D eigenvalue weighted by Crippen LogP contribution is -2.32. The molecule has 0 aliphatic carbocycles. The fourth-order valence-electron chi connectivity index (χ4n) is 3.36. The van der Waals surface area contributed by atoms with Gasteiger partial charge in [-0.15, -0.1) is 0 Å². The van der Waals surface area contributed by atoms with E-state index in [0.29, 0.717) is 16.8 Å². The number of nitrogens with one attached hydrogen (secondary N) is 2. The van der Waals surface area contributed by atoms with Crippen LogP contribution in [0.25, 0.3) is 0 Å². The molecular weight excluding hydrogens is 449 g/mol. The van der Waals surface area contributed by atoms with Gasteiger partial charge in [0.15, 0.2) is 0 Å². The third-order valence-electron chi connectivity index (χ3n) is 4.97. The van der Waals surface area contributed by atoms with Gasteiger partial charge in [0, 0.05) is 18.7 Å². The Bertz CT molecular complexity index is 1320. The van der Waals surface area contributed by atoms with E-state index in [2.05, 4.69) is 10.0 Å². The van der Waals surface area contributed by atoms with Gasteiger partial charge >= 0.3 is 0 Å². The number of amides is 3. The van der Waals surface area contributed by atoms with Crippen LogP contribution in [0.1, 0.15) is 27.1 Å². The molecule has 168 valence electrons. The molecule has 2 N–H and O–H groups in total. The number of hydrogen-bond donors (Lipinski definition) is 2. The van der Waals surface area contributed by atoms with Gasteiger partial charge in [-0.1, -0.05) is 18.2 Å². The van der Waals surface area contributed by atoms with Crippen molar-refractivity contribution in [1.82, 2.24) is 4.90 Å². The molecule has 0 atom stereocenters. The van der Waals surface area contributed by atoms with Gasteiger partial charge in [0.05, 0.1) is 21.7 Å². The molecular formula is C23H18FN3O5S. The summed E-state index contributed by atoms with van der Waals surface area (Å²) in [5, 5.41) is 2.60. The second-order valence-corrected chi connectivity index (χ2v) is 8.93. The number of imide groups is 1. The first-order valence-electron chi connectivity index (χ1n) is 9.88. The van der Waals surface area contributed by atoms with E-state index in [4.69, 9.17) is 0 Å². The summed E-state index contributed by atoms with van der Waals surface area (Å²) in [5.41, 5.74) is 1.05. The summed E-state index contributed by atoms with van der Waals surface area (Å²) in [6.07, 6.45) is -0.118. The second-order valence-electron chi connectivity index (χ2n) is 7.25. The summed E-state index contributed by atoms with van der Waals surface area (Å²) in [6.45, 7) is -0.0812. The normalized spacial score (nSPS) is 13.1. The van der Waals surface area contributed by atoms with Crippen molar-refractivity contribution in [2.75, 3.05) is 16.6 Å². The number of fused-ring (bicyclic) bond motifs is 1. The maximum atomic E-state index is 13.3. The zero-order chi connectivity index (χ0) is 23.6. The van der Waals surface area contributed by atoms with Crippen LogP contribution in [-0.4, -0.2) is 37.6 Å². The minimum Gasteiger partial charge on any atom is -0.326 e.